The zero-order valence-corrected chi connectivity index (χ0v) is 4.07. The maximum absolute atomic E-state index is 4.95. The van der Waals surface area contributed by atoms with Crippen molar-refractivity contribution in [2.24, 2.45) is 0 Å². The van der Waals surface area contributed by atoms with Crippen LogP contribution in [0.5, 0.6) is 0 Å². The molecule has 0 spiro atoms. The van der Waals surface area contributed by atoms with E-state index in [0.717, 1.165) is 0 Å². The van der Waals surface area contributed by atoms with Gasteiger partial charge in [-0.3, -0.25) is 0 Å². The Kier molecular flexibility index (Phi) is 1.20. The summed E-state index contributed by atoms with van der Waals surface area (Å²) in [6.45, 7) is 0. The third kappa shape index (κ3) is 0.793. The van der Waals surface area contributed by atoms with Crippen LogP contribution in [0.4, 0.5) is 0 Å². The standard InChI is InChI=1S/C5H3N3/c1-2-5-7-3-6-4-8-5/h1,3-4H. The predicted molar refractivity (Wildman–Crippen MR) is 27.8 cm³/mol. The molecule has 38 valence electrons. The van der Waals surface area contributed by atoms with E-state index in [-0.39, 0.29) is 0 Å². The van der Waals surface area contributed by atoms with E-state index in [1.54, 1.807) is 0 Å². The summed E-state index contributed by atoms with van der Waals surface area (Å²) in [5.74, 6) is 2.64. The molecule has 0 atom stereocenters. The molecule has 1 aromatic heterocycles. The maximum Gasteiger partial charge on any atom is 0.207 e. The number of hydrogen-bond donors (Lipinski definition) is 0. The average molecular weight is 105 g/mol. The van der Waals surface area contributed by atoms with Crippen LogP contribution in [0.25, 0.3) is 0 Å². The summed E-state index contributed by atoms with van der Waals surface area (Å²) in [4.78, 5) is 10.9. The highest BCUT2D eigenvalue weighted by molar-refractivity contribution is 5.12. The SMILES string of the molecule is C#Cc1ncncn1. The van der Waals surface area contributed by atoms with Crippen molar-refractivity contribution in [3.05, 3.63) is 18.5 Å². The second-order valence-electron chi connectivity index (χ2n) is 1.11. The zero-order valence-electron chi connectivity index (χ0n) is 4.07. The van der Waals surface area contributed by atoms with Crippen LogP contribution in [0.1, 0.15) is 5.82 Å². The van der Waals surface area contributed by atoms with Crippen LogP contribution < -0.4 is 0 Å². The first-order valence-corrected chi connectivity index (χ1v) is 2.02. The summed E-state index contributed by atoms with van der Waals surface area (Å²) in [6.07, 6.45) is 7.67. The Bertz CT molecular complexity index is 199. The van der Waals surface area contributed by atoms with Gasteiger partial charge >= 0.3 is 0 Å². The van der Waals surface area contributed by atoms with Gasteiger partial charge in [-0.05, 0) is 5.92 Å². The summed E-state index contributed by atoms with van der Waals surface area (Å²) in [7, 11) is 0. The molecule has 0 saturated heterocycles. The first kappa shape index (κ1) is 4.72. The molecule has 0 aliphatic carbocycles. The minimum absolute atomic E-state index is 0.375. The molecule has 0 aliphatic heterocycles. The molecule has 0 bridgehead atoms. The van der Waals surface area contributed by atoms with Gasteiger partial charge in [-0.15, -0.1) is 6.42 Å². The second-order valence-corrected chi connectivity index (χ2v) is 1.11. The number of aromatic nitrogens is 3. The van der Waals surface area contributed by atoms with Gasteiger partial charge in [-0.1, -0.05) is 0 Å². The zero-order chi connectivity index (χ0) is 5.82. The van der Waals surface area contributed by atoms with Gasteiger partial charge in [0.15, 0.2) is 0 Å². The third-order valence-electron chi connectivity index (χ3n) is 0.622. The summed E-state index contributed by atoms with van der Waals surface area (Å²) >= 11 is 0. The van der Waals surface area contributed by atoms with Crippen LogP contribution in [-0.4, -0.2) is 15.0 Å². The maximum atomic E-state index is 4.95. The molecule has 0 fully saturated rings. The van der Waals surface area contributed by atoms with Crippen molar-refractivity contribution in [3.63, 3.8) is 0 Å². The number of hydrogen-bond acceptors (Lipinski definition) is 3. The first-order chi connectivity index (χ1) is 3.93. The Hall–Kier alpha value is -1.43. The van der Waals surface area contributed by atoms with E-state index in [2.05, 4.69) is 20.9 Å². The predicted octanol–water partition coefficient (Wildman–Crippen LogP) is -0.147. The minimum atomic E-state index is 0.375. The van der Waals surface area contributed by atoms with Gasteiger partial charge in [0.25, 0.3) is 0 Å². The van der Waals surface area contributed by atoms with E-state index in [9.17, 15) is 0 Å². The van der Waals surface area contributed by atoms with E-state index in [0.29, 0.717) is 5.82 Å². The van der Waals surface area contributed by atoms with Gasteiger partial charge in [0.2, 0.25) is 5.82 Å². The lowest BCUT2D eigenvalue weighted by Gasteiger charge is -1.80. The quantitative estimate of drug-likeness (QED) is 0.431. The van der Waals surface area contributed by atoms with Gasteiger partial charge < -0.3 is 0 Å². The molecule has 0 radical (unpaired) electrons. The van der Waals surface area contributed by atoms with Gasteiger partial charge in [-0.2, -0.15) is 0 Å². The van der Waals surface area contributed by atoms with Crippen molar-refractivity contribution < 1.29 is 0 Å². The summed E-state index contributed by atoms with van der Waals surface area (Å²) in [6, 6.07) is 0. The fraction of sp³-hybridized carbons (Fsp3) is 0. The molecule has 0 amide bonds. The minimum Gasteiger partial charge on any atom is -0.225 e. The van der Waals surface area contributed by atoms with E-state index < -0.39 is 0 Å². The molecule has 1 rings (SSSR count). The molecular weight excluding hydrogens is 102 g/mol. The summed E-state index contributed by atoms with van der Waals surface area (Å²) in [5, 5.41) is 0. The van der Waals surface area contributed by atoms with Crippen LogP contribution in [0.15, 0.2) is 12.7 Å². The Labute approximate surface area is 46.8 Å². The molecule has 0 saturated carbocycles. The molecule has 0 aromatic carbocycles. The normalized spacial score (nSPS) is 7.88. The lowest BCUT2D eigenvalue weighted by molar-refractivity contribution is 1.02. The number of rotatable bonds is 0. The van der Waals surface area contributed by atoms with Crippen molar-refractivity contribution in [2.75, 3.05) is 0 Å². The molecular formula is C5H3N3. The largest absolute Gasteiger partial charge is 0.225 e. The summed E-state index contributed by atoms with van der Waals surface area (Å²) < 4.78 is 0. The van der Waals surface area contributed by atoms with Gasteiger partial charge in [-0.25, -0.2) is 15.0 Å². The Morgan fingerprint density at radius 1 is 1.38 bits per heavy atom. The van der Waals surface area contributed by atoms with Crippen LogP contribution in [-0.2, 0) is 0 Å². The van der Waals surface area contributed by atoms with Crippen molar-refractivity contribution in [3.8, 4) is 12.3 Å². The smallest absolute Gasteiger partial charge is 0.207 e. The van der Waals surface area contributed by atoms with Crippen molar-refractivity contribution >= 4 is 0 Å². The molecule has 3 nitrogen and oxygen atoms in total. The Morgan fingerprint density at radius 2 is 2.00 bits per heavy atom. The lowest BCUT2D eigenvalue weighted by atomic mass is 10.6. The fourth-order valence-corrected chi connectivity index (χ4v) is 0.314. The highest BCUT2D eigenvalue weighted by Gasteiger charge is 1.80. The number of nitrogens with zero attached hydrogens (tertiary/aromatic N) is 3. The van der Waals surface area contributed by atoms with E-state index >= 15 is 0 Å². The van der Waals surface area contributed by atoms with E-state index in [4.69, 9.17) is 6.42 Å². The Morgan fingerprint density at radius 3 is 2.38 bits per heavy atom. The van der Waals surface area contributed by atoms with Gasteiger partial charge in [0.05, 0.1) is 0 Å². The van der Waals surface area contributed by atoms with Crippen LogP contribution in [0, 0.1) is 12.3 Å². The van der Waals surface area contributed by atoms with E-state index in [1.165, 1.54) is 12.7 Å². The molecule has 1 heterocycles. The highest BCUT2D eigenvalue weighted by atomic mass is 15.0. The summed E-state index contributed by atoms with van der Waals surface area (Å²) in [5.41, 5.74) is 0. The van der Waals surface area contributed by atoms with Crippen molar-refractivity contribution in [2.45, 2.75) is 0 Å². The fourth-order valence-electron chi connectivity index (χ4n) is 0.314. The van der Waals surface area contributed by atoms with Crippen molar-refractivity contribution in [1.82, 2.24) is 15.0 Å². The molecule has 0 aliphatic rings. The Balaban J connectivity index is 3.05. The molecule has 1 aromatic rings. The second kappa shape index (κ2) is 2.03. The molecule has 3 heteroatoms. The molecule has 0 N–H and O–H groups in total. The monoisotopic (exact) mass is 105 g/mol. The highest BCUT2D eigenvalue weighted by Crippen LogP contribution is 1.75. The third-order valence-corrected chi connectivity index (χ3v) is 0.622. The van der Waals surface area contributed by atoms with Crippen molar-refractivity contribution in [1.29, 1.82) is 0 Å². The number of terminal acetylenes is 1. The lowest BCUT2D eigenvalue weighted by Crippen LogP contribution is -1.86. The molecule has 0 unspecified atom stereocenters. The van der Waals surface area contributed by atoms with Gasteiger partial charge in [0.1, 0.15) is 12.7 Å². The van der Waals surface area contributed by atoms with E-state index in [1.807, 2.05) is 0 Å². The first-order valence-electron chi connectivity index (χ1n) is 2.02. The van der Waals surface area contributed by atoms with Crippen LogP contribution in [0.3, 0.4) is 0 Å². The van der Waals surface area contributed by atoms with Gasteiger partial charge in [0, 0.05) is 0 Å². The average Bonchev–Trinajstić information content (AvgIpc) is 1.90. The topological polar surface area (TPSA) is 38.7 Å². The van der Waals surface area contributed by atoms with Crippen LogP contribution in [0.2, 0.25) is 0 Å². The van der Waals surface area contributed by atoms with Crippen LogP contribution >= 0.6 is 0 Å². The molecule has 8 heavy (non-hydrogen) atoms.